The minimum Gasteiger partial charge on any atom is -0.496 e. The first-order valence-corrected chi connectivity index (χ1v) is 12.2. The molecule has 0 amide bonds. The molecule has 1 aliphatic carbocycles. The Labute approximate surface area is 217 Å². The Morgan fingerprint density at radius 3 is 2.35 bits per heavy atom. The molecule has 0 bridgehead atoms. The van der Waals surface area contributed by atoms with Crippen LogP contribution in [0.1, 0.15) is 42.7 Å². The number of allylic oxidation sites excluding steroid dienone is 3. The average Bonchev–Trinajstić information content (AvgIpc) is 2.91. The van der Waals surface area contributed by atoms with E-state index in [2.05, 4.69) is 5.32 Å². The van der Waals surface area contributed by atoms with Crippen molar-refractivity contribution in [3.05, 3.63) is 76.1 Å². The number of carbonyl (C=O) groups excluding carboxylic acids is 2. The van der Waals surface area contributed by atoms with E-state index in [0.29, 0.717) is 41.2 Å². The first kappa shape index (κ1) is 26.3. The Morgan fingerprint density at radius 2 is 1.65 bits per heavy atom. The van der Waals surface area contributed by atoms with Gasteiger partial charge in [-0.15, -0.1) is 0 Å². The molecule has 1 aliphatic heterocycles. The second kappa shape index (κ2) is 11.5. The summed E-state index contributed by atoms with van der Waals surface area (Å²) in [5.41, 5.74) is 4.15. The van der Waals surface area contributed by atoms with E-state index in [0.717, 1.165) is 22.6 Å². The van der Waals surface area contributed by atoms with Gasteiger partial charge in [0, 0.05) is 42.3 Å². The molecule has 2 aromatic rings. The zero-order valence-corrected chi connectivity index (χ0v) is 21.9. The first-order chi connectivity index (χ1) is 17.9. The van der Waals surface area contributed by atoms with Crippen LogP contribution in [-0.2, 0) is 19.1 Å². The van der Waals surface area contributed by atoms with Gasteiger partial charge in [-0.1, -0.05) is 24.3 Å². The number of ketones is 1. The summed E-state index contributed by atoms with van der Waals surface area (Å²) in [6.45, 7) is 2.22. The molecule has 1 heterocycles. The number of Topliss-reactive ketones (excluding diaryl/α,β-unsaturated/α-hetero) is 1. The molecule has 4 rings (SSSR count). The number of esters is 1. The van der Waals surface area contributed by atoms with Crippen LogP contribution in [0.5, 0.6) is 17.2 Å². The first-order valence-electron chi connectivity index (χ1n) is 12.2. The van der Waals surface area contributed by atoms with E-state index in [-0.39, 0.29) is 24.9 Å². The normalized spacial score (nSPS) is 19.2. The molecule has 2 aromatic carbocycles. The van der Waals surface area contributed by atoms with Gasteiger partial charge in [0.15, 0.2) is 17.3 Å². The number of benzene rings is 2. The summed E-state index contributed by atoms with van der Waals surface area (Å²) in [7, 11) is 6.30. The Balaban J connectivity index is 1.80. The molecule has 37 heavy (non-hydrogen) atoms. The minimum absolute atomic E-state index is 0.0286. The molecule has 0 aromatic heterocycles. The van der Waals surface area contributed by atoms with Crippen molar-refractivity contribution < 1.29 is 33.3 Å². The molecule has 2 atom stereocenters. The van der Waals surface area contributed by atoms with Crippen LogP contribution in [0, 0.1) is 0 Å². The molecule has 0 radical (unpaired) electrons. The van der Waals surface area contributed by atoms with E-state index in [1.165, 1.54) is 0 Å². The van der Waals surface area contributed by atoms with E-state index in [9.17, 15) is 9.59 Å². The van der Waals surface area contributed by atoms with Crippen molar-refractivity contribution in [2.24, 2.45) is 0 Å². The summed E-state index contributed by atoms with van der Waals surface area (Å²) in [6.07, 6.45) is 0.907. The number of dihydropyridines is 1. The lowest BCUT2D eigenvalue weighted by Crippen LogP contribution is -2.36. The van der Waals surface area contributed by atoms with E-state index >= 15 is 0 Å². The molecule has 1 N–H and O–H groups in total. The van der Waals surface area contributed by atoms with Crippen LogP contribution in [0.4, 0.5) is 0 Å². The lowest BCUT2D eigenvalue weighted by molar-refractivity contribution is -0.140. The highest BCUT2D eigenvalue weighted by molar-refractivity contribution is 6.04. The second-order valence-corrected chi connectivity index (χ2v) is 9.00. The molecule has 0 saturated heterocycles. The maximum absolute atomic E-state index is 13.8. The van der Waals surface area contributed by atoms with Gasteiger partial charge < -0.3 is 29.0 Å². The monoisotopic (exact) mass is 507 g/mol. The number of nitrogens with one attached hydrogen (secondary N) is 1. The van der Waals surface area contributed by atoms with Crippen molar-refractivity contribution >= 4 is 11.8 Å². The second-order valence-electron chi connectivity index (χ2n) is 9.00. The van der Waals surface area contributed by atoms with Crippen molar-refractivity contribution in [3.8, 4) is 17.2 Å². The van der Waals surface area contributed by atoms with E-state index in [1.807, 2.05) is 43.3 Å². The highest BCUT2D eigenvalue weighted by Gasteiger charge is 2.42. The van der Waals surface area contributed by atoms with Gasteiger partial charge in [-0.3, -0.25) is 4.79 Å². The number of carbonyl (C=O) groups is 2. The largest absolute Gasteiger partial charge is 0.496 e. The topological polar surface area (TPSA) is 92.3 Å². The number of rotatable bonds is 9. The van der Waals surface area contributed by atoms with Gasteiger partial charge in [-0.05, 0) is 42.7 Å². The fraction of sp³-hybridized carbons (Fsp3) is 0.379. The Bertz CT molecular complexity index is 1250. The number of hydrogen-bond donors (Lipinski definition) is 1. The maximum Gasteiger partial charge on any atom is 0.336 e. The number of hydrogen-bond acceptors (Lipinski definition) is 8. The molecular weight excluding hydrogens is 474 g/mol. The summed E-state index contributed by atoms with van der Waals surface area (Å²) in [5, 5.41) is 3.37. The van der Waals surface area contributed by atoms with Crippen molar-refractivity contribution in [2.75, 3.05) is 41.7 Å². The SMILES string of the molecule is COCCOC(=O)C1=C(C)NC2=C(C(=O)C[C@@H](c3ccccc3OC)C2)[C@@H]1c1ccc(OC)c(OC)c1. The van der Waals surface area contributed by atoms with Gasteiger partial charge >= 0.3 is 5.97 Å². The van der Waals surface area contributed by atoms with Crippen LogP contribution in [0.2, 0.25) is 0 Å². The molecule has 0 spiro atoms. The van der Waals surface area contributed by atoms with Crippen LogP contribution in [0.25, 0.3) is 0 Å². The van der Waals surface area contributed by atoms with Crippen molar-refractivity contribution in [1.82, 2.24) is 5.32 Å². The summed E-state index contributed by atoms with van der Waals surface area (Å²) in [6, 6.07) is 13.2. The van der Waals surface area contributed by atoms with Gasteiger partial charge in [0.05, 0.1) is 33.5 Å². The molecule has 8 nitrogen and oxygen atoms in total. The summed E-state index contributed by atoms with van der Waals surface area (Å²) in [5.74, 6) is 0.644. The van der Waals surface area contributed by atoms with Gasteiger partial charge in [-0.2, -0.15) is 0 Å². The van der Waals surface area contributed by atoms with Gasteiger partial charge in [0.2, 0.25) is 0 Å². The third-order valence-electron chi connectivity index (χ3n) is 6.89. The predicted octanol–water partition coefficient (Wildman–Crippen LogP) is 4.26. The van der Waals surface area contributed by atoms with Crippen molar-refractivity contribution in [3.63, 3.8) is 0 Å². The summed E-state index contributed by atoms with van der Waals surface area (Å²) in [4.78, 5) is 27.1. The van der Waals surface area contributed by atoms with Crippen LogP contribution in [-0.4, -0.2) is 53.4 Å². The van der Waals surface area contributed by atoms with Crippen LogP contribution < -0.4 is 19.5 Å². The number of ether oxygens (including phenoxy) is 5. The third-order valence-corrected chi connectivity index (χ3v) is 6.89. The molecule has 196 valence electrons. The van der Waals surface area contributed by atoms with E-state index in [1.54, 1.807) is 34.5 Å². The number of para-hydroxylation sites is 1. The fourth-order valence-electron chi connectivity index (χ4n) is 5.19. The lowest BCUT2D eigenvalue weighted by atomic mass is 9.71. The summed E-state index contributed by atoms with van der Waals surface area (Å²) >= 11 is 0. The Hall–Kier alpha value is -3.78. The average molecular weight is 508 g/mol. The molecule has 0 fully saturated rings. The zero-order valence-electron chi connectivity index (χ0n) is 21.9. The fourth-order valence-corrected chi connectivity index (χ4v) is 5.19. The van der Waals surface area contributed by atoms with Crippen LogP contribution in [0.3, 0.4) is 0 Å². The molecule has 2 aliphatic rings. The third kappa shape index (κ3) is 5.20. The minimum atomic E-state index is -0.614. The maximum atomic E-state index is 13.8. The highest BCUT2D eigenvalue weighted by atomic mass is 16.6. The van der Waals surface area contributed by atoms with Crippen molar-refractivity contribution in [2.45, 2.75) is 31.6 Å². The molecule has 0 saturated carbocycles. The predicted molar refractivity (Wildman–Crippen MR) is 138 cm³/mol. The Morgan fingerprint density at radius 1 is 0.919 bits per heavy atom. The lowest BCUT2D eigenvalue weighted by Gasteiger charge is -2.37. The van der Waals surface area contributed by atoms with Gasteiger partial charge in [0.25, 0.3) is 0 Å². The summed E-state index contributed by atoms with van der Waals surface area (Å²) < 4.78 is 27.1. The quantitative estimate of drug-likeness (QED) is 0.398. The number of methoxy groups -OCH3 is 4. The van der Waals surface area contributed by atoms with Crippen LogP contribution >= 0.6 is 0 Å². The highest BCUT2D eigenvalue weighted by Crippen LogP contribution is 2.47. The zero-order chi connectivity index (χ0) is 26.5. The van der Waals surface area contributed by atoms with Gasteiger partial charge in [-0.25, -0.2) is 4.79 Å². The molecule has 0 unspecified atom stereocenters. The standard InChI is InChI=1S/C29H33NO7/c1-17-26(29(32)37-13-12-33-2)27(18-10-11-24(35-4)25(16-18)36-5)28-21(30-17)14-19(15-22(28)31)20-8-6-7-9-23(20)34-3/h6-11,16,19,27,30H,12-15H2,1-5H3/t19-,27+/m0/s1. The van der Waals surface area contributed by atoms with E-state index < -0.39 is 11.9 Å². The Kier molecular flexibility index (Phi) is 8.18. The molecular formula is C29H33NO7. The molecule has 8 heteroatoms. The van der Waals surface area contributed by atoms with Crippen LogP contribution in [0.15, 0.2) is 65.0 Å². The smallest absolute Gasteiger partial charge is 0.336 e. The van der Waals surface area contributed by atoms with Crippen molar-refractivity contribution in [1.29, 1.82) is 0 Å². The van der Waals surface area contributed by atoms with E-state index in [4.69, 9.17) is 23.7 Å². The van der Waals surface area contributed by atoms with Gasteiger partial charge in [0.1, 0.15) is 12.4 Å².